The molecule has 2 aromatic heterocycles. The second-order valence-corrected chi connectivity index (χ2v) is 3.37. The molecule has 2 aromatic rings. The van der Waals surface area contributed by atoms with Gasteiger partial charge in [-0.05, 0) is 12.1 Å². The SMILES string of the molecule is Nc1ccnc(Cn2cc(Cl)cn2)c1. The fraction of sp³-hybridized carbons (Fsp3) is 0.111. The standard InChI is InChI=1S/C9H9ClN4/c10-7-4-13-14(5-7)6-9-3-8(11)1-2-12-9/h1-5H,6H2,(H2,11,12). The van der Waals surface area contributed by atoms with Crippen LogP contribution in [0.2, 0.25) is 5.02 Å². The van der Waals surface area contributed by atoms with Gasteiger partial charge in [0.15, 0.2) is 0 Å². The smallest absolute Gasteiger partial charge is 0.0832 e. The molecule has 0 aromatic carbocycles. The summed E-state index contributed by atoms with van der Waals surface area (Å²) >= 11 is 5.73. The third-order valence-corrected chi connectivity index (χ3v) is 1.96. The Labute approximate surface area is 86.3 Å². The van der Waals surface area contributed by atoms with E-state index in [0.29, 0.717) is 17.3 Å². The van der Waals surface area contributed by atoms with Crippen molar-refractivity contribution in [3.63, 3.8) is 0 Å². The monoisotopic (exact) mass is 208 g/mol. The minimum Gasteiger partial charge on any atom is -0.399 e. The zero-order chi connectivity index (χ0) is 9.97. The lowest BCUT2D eigenvalue weighted by Crippen LogP contribution is -2.02. The van der Waals surface area contributed by atoms with Crippen LogP contribution in [0.4, 0.5) is 5.69 Å². The minimum absolute atomic E-state index is 0.581. The fourth-order valence-electron chi connectivity index (χ4n) is 1.17. The van der Waals surface area contributed by atoms with Crippen LogP contribution in [0, 0.1) is 0 Å². The molecule has 0 unspecified atom stereocenters. The predicted molar refractivity (Wildman–Crippen MR) is 55.0 cm³/mol. The molecule has 0 aliphatic heterocycles. The first-order valence-electron chi connectivity index (χ1n) is 4.12. The van der Waals surface area contributed by atoms with Crippen LogP contribution in [-0.4, -0.2) is 14.8 Å². The number of hydrogen-bond acceptors (Lipinski definition) is 3. The van der Waals surface area contributed by atoms with Crippen LogP contribution >= 0.6 is 11.6 Å². The van der Waals surface area contributed by atoms with Crippen molar-refractivity contribution in [2.24, 2.45) is 0 Å². The summed E-state index contributed by atoms with van der Waals surface area (Å²) < 4.78 is 1.71. The summed E-state index contributed by atoms with van der Waals surface area (Å²) in [5, 5.41) is 4.66. The van der Waals surface area contributed by atoms with Gasteiger partial charge in [-0.25, -0.2) is 0 Å². The van der Waals surface area contributed by atoms with Gasteiger partial charge in [-0.3, -0.25) is 9.67 Å². The Balaban J connectivity index is 2.18. The fourth-order valence-corrected chi connectivity index (χ4v) is 1.33. The van der Waals surface area contributed by atoms with Crippen molar-refractivity contribution in [1.82, 2.24) is 14.8 Å². The lowest BCUT2D eigenvalue weighted by Gasteiger charge is -2.01. The lowest BCUT2D eigenvalue weighted by molar-refractivity contribution is 0.673. The number of rotatable bonds is 2. The molecule has 0 radical (unpaired) electrons. The molecule has 0 aliphatic carbocycles. The summed E-state index contributed by atoms with van der Waals surface area (Å²) in [6.07, 6.45) is 5.01. The number of hydrogen-bond donors (Lipinski definition) is 1. The maximum atomic E-state index is 5.73. The zero-order valence-corrected chi connectivity index (χ0v) is 8.15. The highest BCUT2D eigenvalue weighted by Gasteiger charge is 1.98. The van der Waals surface area contributed by atoms with Crippen molar-refractivity contribution in [2.45, 2.75) is 6.54 Å². The van der Waals surface area contributed by atoms with E-state index in [0.717, 1.165) is 5.69 Å². The Morgan fingerprint density at radius 1 is 1.50 bits per heavy atom. The van der Waals surface area contributed by atoms with Gasteiger partial charge >= 0.3 is 0 Å². The minimum atomic E-state index is 0.581. The molecule has 0 spiro atoms. The highest BCUT2D eigenvalue weighted by Crippen LogP contribution is 2.08. The van der Waals surface area contributed by atoms with Crippen LogP contribution in [-0.2, 0) is 6.54 Å². The molecule has 5 heteroatoms. The maximum absolute atomic E-state index is 5.73. The van der Waals surface area contributed by atoms with Crippen LogP contribution in [0.5, 0.6) is 0 Å². The summed E-state index contributed by atoms with van der Waals surface area (Å²) in [5.74, 6) is 0. The van der Waals surface area contributed by atoms with Gasteiger partial charge in [-0.15, -0.1) is 0 Å². The first-order chi connectivity index (χ1) is 6.74. The number of anilines is 1. The number of aromatic nitrogens is 3. The predicted octanol–water partition coefficient (Wildman–Crippen LogP) is 1.56. The van der Waals surface area contributed by atoms with E-state index in [1.165, 1.54) is 0 Å². The van der Waals surface area contributed by atoms with E-state index in [2.05, 4.69) is 10.1 Å². The number of halogens is 1. The van der Waals surface area contributed by atoms with E-state index < -0.39 is 0 Å². The number of nitrogen functional groups attached to an aromatic ring is 1. The van der Waals surface area contributed by atoms with E-state index in [1.807, 2.05) is 6.07 Å². The Bertz CT molecular complexity index is 438. The van der Waals surface area contributed by atoms with E-state index in [4.69, 9.17) is 17.3 Å². The molecule has 14 heavy (non-hydrogen) atoms. The first-order valence-corrected chi connectivity index (χ1v) is 4.50. The normalized spacial score (nSPS) is 10.4. The molecule has 0 fully saturated rings. The van der Waals surface area contributed by atoms with E-state index in [9.17, 15) is 0 Å². The topological polar surface area (TPSA) is 56.7 Å². The molecule has 0 saturated heterocycles. The molecule has 0 amide bonds. The molecule has 2 rings (SSSR count). The molecule has 4 nitrogen and oxygen atoms in total. The largest absolute Gasteiger partial charge is 0.399 e. The van der Waals surface area contributed by atoms with E-state index >= 15 is 0 Å². The number of nitrogens with two attached hydrogens (primary N) is 1. The van der Waals surface area contributed by atoms with Crippen LogP contribution in [0.25, 0.3) is 0 Å². The summed E-state index contributed by atoms with van der Waals surface area (Å²) in [7, 11) is 0. The third kappa shape index (κ3) is 2.03. The van der Waals surface area contributed by atoms with Crippen molar-refractivity contribution < 1.29 is 0 Å². The van der Waals surface area contributed by atoms with Gasteiger partial charge in [-0.2, -0.15) is 5.10 Å². The van der Waals surface area contributed by atoms with Crippen LogP contribution in [0.1, 0.15) is 5.69 Å². The number of nitrogens with zero attached hydrogens (tertiary/aromatic N) is 3. The highest BCUT2D eigenvalue weighted by atomic mass is 35.5. The van der Waals surface area contributed by atoms with Crippen LogP contribution in [0.15, 0.2) is 30.7 Å². The van der Waals surface area contributed by atoms with Gasteiger partial charge in [-0.1, -0.05) is 11.6 Å². The maximum Gasteiger partial charge on any atom is 0.0832 e. The summed E-state index contributed by atoms with van der Waals surface area (Å²) in [6.45, 7) is 0.581. The Kier molecular flexibility index (Phi) is 2.37. The summed E-state index contributed by atoms with van der Waals surface area (Å²) in [6, 6.07) is 3.56. The zero-order valence-electron chi connectivity index (χ0n) is 7.39. The Morgan fingerprint density at radius 2 is 2.36 bits per heavy atom. The van der Waals surface area contributed by atoms with Gasteiger partial charge in [0.05, 0.1) is 23.5 Å². The lowest BCUT2D eigenvalue weighted by atomic mass is 10.3. The Morgan fingerprint density at radius 3 is 3.00 bits per heavy atom. The van der Waals surface area contributed by atoms with Gasteiger partial charge in [0.25, 0.3) is 0 Å². The van der Waals surface area contributed by atoms with Crippen LogP contribution in [0.3, 0.4) is 0 Å². The van der Waals surface area contributed by atoms with Gasteiger partial charge in [0.1, 0.15) is 0 Å². The van der Waals surface area contributed by atoms with Crippen molar-refractivity contribution >= 4 is 17.3 Å². The summed E-state index contributed by atoms with van der Waals surface area (Å²) in [5.41, 5.74) is 7.19. The van der Waals surface area contributed by atoms with Crippen molar-refractivity contribution in [1.29, 1.82) is 0 Å². The molecule has 0 bridgehead atoms. The van der Waals surface area contributed by atoms with E-state index in [-0.39, 0.29) is 0 Å². The second kappa shape index (κ2) is 3.67. The van der Waals surface area contributed by atoms with E-state index in [1.54, 1.807) is 29.3 Å². The van der Waals surface area contributed by atoms with Gasteiger partial charge in [0.2, 0.25) is 0 Å². The number of pyridine rings is 1. The van der Waals surface area contributed by atoms with Crippen molar-refractivity contribution in [3.8, 4) is 0 Å². The molecular formula is C9H9ClN4. The van der Waals surface area contributed by atoms with Gasteiger partial charge < -0.3 is 5.73 Å². The van der Waals surface area contributed by atoms with Crippen molar-refractivity contribution in [2.75, 3.05) is 5.73 Å². The van der Waals surface area contributed by atoms with Gasteiger partial charge in [0, 0.05) is 18.1 Å². The quantitative estimate of drug-likeness (QED) is 0.815. The first kappa shape index (κ1) is 9.02. The molecular weight excluding hydrogens is 200 g/mol. The van der Waals surface area contributed by atoms with Crippen molar-refractivity contribution in [3.05, 3.63) is 41.4 Å². The molecule has 2 heterocycles. The average molecular weight is 209 g/mol. The molecule has 2 N–H and O–H groups in total. The summed E-state index contributed by atoms with van der Waals surface area (Å²) in [4.78, 5) is 4.16. The highest BCUT2D eigenvalue weighted by molar-refractivity contribution is 6.30. The molecule has 72 valence electrons. The van der Waals surface area contributed by atoms with Crippen LogP contribution < -0.4 is 5.73 Å². The third-order valence-electron chi connectivity index (χ3n) is 1.77. The molecule has 0 aliphatic rings. The average Bonchev–Trinajstić information content (AvgIpc) is 2.51. The molecule has 0 atom stereocenters. The Hall–Kier alpha value is -1.55. The molecule has 0 saturated carbocycles. The second-order valence-electron chi connectivity index (χ2n) is 2.94.